The molecule has 0 unspecified atom stereocenters. The van der Waals surface area contributed by atoms with Crippen molar-refractivity contribution < 1.29 is 14.6 Å². The molecule has 2 N–H and O–H groups in total. The zero-order valence-corrected chi connectivity index (χ0v) is 8.37. The molecule has 0 saturated carbocycles. The third kappa shape index (κ3) is 1.34. The van der Waals surface area contributed by atoms with Crippen molar-refractivity contribution in [2.24, 2.45) is 0 Å². The molecule has 0 aliphatic heterocycles. The van der Waals surface area contributed by atoms with E-state index in [0.717, 1.165) is 0 Å². The molecule has 0 spiro atoms. The maximum Gasteiger partial charge on any atom is 0.342 e. The van der Waals surface area contributed by atoms with Crippen LogP contribution in [0.2, 0.25) is 0 Å². The minimum atomic E-state index is -0.565. The highest BCUT2D eigenvalue weighted by atomic mass is 16.4. The molecule has 1 heterocycles. The predicted molar refractivity (Wildman–Crippen MR) is 55.3 cm³/mol. The maximum atomic E-state index is 11.3. The lowest BCUT2D eigenvalue weighted by Crippen LogP contribution is -2.02. The van der Waals surface area contributed by atoms with Gasteiger partial charge in [0.2, 0.25) is 0 Å². The van der Waals surface area contributed by atoms with Gasteiger partial charge in [-0.15, -0.1) is 0 Å². The summed E-state index contributed by atoms with van der Waals surface area (Å²) < 4.78 is 4.98. The number of phenolic OH excluding ortho intramolecular Hbond substituents is 1. The Morgan fingerprint density at radius 3 is 2.53 bits per heavy atom. The molecule has 4 heteroatoms. The minimum Gasteiger partial charge on any atom is -0.508 e. The summed E-state index contributed by atoms with van der Waals surface area (Å²) in [6.45, 7) is 3.16. The normalized spacial score (nSPS) is 10.8. The van der Waals surface area contributed by atoms with Crippen LogP contribution in [0.15, 0.2) is 21.3 Å². The van der Waals surface area contributed by atoms with Crippen molar-refractivity contribution in [1.82, 2.24) is 0 Å². The standard InChI is InChI=1S/C11H10O4/c1-5-3-9-7(4-8(5)12)10(13)6(2)11(14)15-9/h3-4,12-13H,1-2H3. The lowest BCUT2D eigenvalue weighted by atomic mass is 10.1. The van der Waals surface area contributed by atoms with E-state index in [0.29, 0.717) is 10.9 Å². The number of aryl methyl sites for hydroxylation is 1. The van der Waals surface area contributed by atoms with Crippen LogP contribution >= 0.6 is 0 Å². The second-order valence-electron chi connectivity index (χ2n) is 3.50. The smallest absolute Gasteiger partial charge is 0.342 e. The fourth-order valence-corrected chi connectivity index (χ4v) is 1.41. The molecule has 0 atom stereocenters. The van der Waals surface area contributed by atoms with Crippen LogP contribution in [0.4, 0.5) is 0 Å². The Morgan fingerprint density at radius 1 is 1.20 bits per heavy atom. The molecule has 15 heavy (non-hydrogen) atoms. The minimum absolute atomic E-state index is 0.0612. The van der Waals surface area contributed by atoms with Crippen molar-refractivity contribution in [2.45, 2.75) is 13.8 Å². The first kappa shape index (κ1) is 9.58. The van der Waals surface area contributed by atoms with Gasteiger partial charge in [-0.2, -0.15) is 0 Å². The number of fused-ring (bicyclic) bond motifs is 1. The van der Waals surface area contributed by atoms with E-state index >= 15 is 0 Å². The van der Waals surface area contributed by atoms with Crippen LogP contribution in [0.1, 0.15) is 11.1 Å². The van der Waals surface area contributed by atoms with E-state index < -0.39 is 5.63 Å². The Labute approximate surface area is 85.4 Å². The molecule has 4 nitrogen and oxygen atoms in total. The molecule has 2 rings (SSSR count). The van der Waals surface area contributed by atoms with E-state index in [1.165, 1.54) is 19.1 Å². The van der Waals surface area contributed by atoms with Gasteiger partial charge < -0.3 is 14.6 Å². The van der Waals surface area contributed by atoms with Gasteiger partial charge in [-0.25, -0.2) is 4.79 Å². The Kier molecular flexibility index (Phi) is 1.93. The van der Waals surface area contributed by atoms with Crippen LogP contribution in [0.5, 0.6) is 11.5 Å². The first-order valence-corrected chi connectivity index (χ1v) is 4.46. The Bertz CT molecular complexity index is 596. The molecular formula is C11H10O4. The number of aromatic hydroxyl groups is 2. The molecule has 78 valence electrons. The first-order chi connectivity index (χ1) is 7.00. The van der Waals surface area contributed by atoms with Crippen molar-refractivity contribution in [2.75, 3.05) is 0 Å². The Balaban J connectivity index is 3.00. The molecule has 1 aromatic heterocycles. The number of rotatable bonds is 0. The van der Waals surface area contributed by atoms with Gasteiger partial charge in [0.05, 0.1) is 10.9 Å². The fraction of sp³-hybridized carbons (Fsp3) is 0.182. The zero-order valence-electron chi connectivity index (χ0n) is 8.37. The highest BCUT2D eigenvalue weighted by Gasteiger charge is 2.11. The topological polar surface area (TPSA) is 70.7 Å². The lowest BCUT2D eigenvalue weighted by molar-refractivity contribution is 0.455. The molecular weight excluding hydrogens is 196 g/mol. The van der Waals surface area contributed by atoms with Crippen molar-refractivity contribution in [3.8, 4) is 11.5 Å². The van der Waals surface area contributed by atoms with Gasteiger partial charge in [0.1, 0.15) is 17.1 Å². The van der Waals surface area contributed by atoms with Gasteiger partial charge in [-0.1, -0.05) is 0 Å². The quantitative estimate of drug-likeness (QED) is 0.645. The molecule has 0 radical (unpaired) electrons. The van der Waals surface area contributed by atoms with Crippen LogP contribution in [0.25, 0.3) is 11.0 Å². The molecule has 0 saturated heterocycles. The molecule has 0 fully saturated rings. The van der Waals surface area contributed by atoms with Crippen LogP contribution in [-0.4, -0.2) is 10.2 Å². The Hall–Kier alpha value is -1.97. The summed E-state index contributed by atoms with van der Waals surface area (Å²) in [6, 6.07) is 2.90. The number of hydrogen-bond acceptors (Lipinski definition) is 4. The van der Waals surface area contributed by atoms with Gasteiger partial charge in [-0.3, -0.25) is 0 Å². The van der Waals surface area contributed by atoms with Gasteiger partial charge in [0.15, 0.2) is 0 Å². The van der Waals surface area contributed by atoms with E-state index in [4.69, 9.17) is 4.42 Å². The van der Waals surface area contributed by atoms with Crippen LogP contribution in [0, 0.1) is 13.8 Å². The molecule has 0 amide bonds. The number of hydrogen-bond donors (Lipinski definition) is 2. The van der Waals surface area contributed by atoms with Crippen molar-refractivity contribution in [3.63, 3.8) is 0 Å². The van der Waals surface area contributed by atoms with Crippen LogP contribution in [0.3, 0.4) is 0 Å². The fourth-order valence-electron chi connectivity index (χ4n) is 1.41. The maximum absolute atomic E-state index is 11.3. The van der Waals surface area contributed by atoms with Gasteiger partial charge >= 0.3 is 5.63 Å². The van der Waals surface area contributed by atoms with Crippen LogP contribution < -0.4 is 5.63 Å². The summed E-state index contributed by atoms with van der Waals surface area (Å²) in [5, 5.41) is 19.5. The lowest BCUT2D eigenvalue weighted by Gasteiger charge is -2.04. The largest absolute Gasteiger partial charge is 0.508 e. The highest BCUT2D eigenvalue weighted by Crippen LogP contribution is 2.30. The van der Waals surface area contributed by atoms with Crippen LogP contribution in [-0.2, 0) is 0 Å². The molecule has 0 bridgehead atoms. The molecule has 1 aromatic carbocycles. The zero-order chi connectivity index (χ0) is 11.2. The van der Waals surface area contributed by atoms with E-state index in [1.807, 2.05) is 0 Å². The number of phenols is 1. The summed E-state index contributed by atoms with van der Waals surface area (Å²) in [6.07, 6.45) is 0. The van der Waals surface area contributed by atoms with Crippen molar-refractivity contribution in [3.05, 3.63) is 33.7 Å². The molecule has 0 aliphatic carbocycles. The van der Waals surface area contributed by atoms with Gasteiger partial charge in [0.25, 0.3) is 0 Å². The molecule has 2 aromatic rings. The number of benzene rings is 1. The summed E-state index contributed by atoms with van der Waals surface area (Å²) in [5.41, 5.74) is 0.447. The van der Waals surface area contributed by atoms with Gasteiger partial charge in [-0.05, 0) is 31.5 Å². The van der Waals surface area contributed by atoms with E-state index in [-0.39, 0.29) is 22.6 Å². The predicted octanol–water partition coefficient (Wildman–Crippen LogP) is 1.82. The summed E-state index contributed by atoms with van der Waals surface area (Å²) in [4.78, 5) is 11.3. The van der Waals surface area contributed by atoms with Crippen molar-refractivity contribution in [1.29, 1.82) is 0 Å². The van der Waals surface area contributed by atoms with Gasteiger partial charge in [0, 0.05) is 0 Å². The van der Waals surface area contributed by atoms with E-state index in [9.17, 15) is 15.0 Å². The third-order valence-corrected chi connectivity index (χ3v) is 2.42. The highest BCUT2D eigenvalue weighted by molar-refractivity contribution is 5.86. The average molecular weight is 206 g/mol. The summed E-state index contributed by atoms with van der Waals surface area (Å²) in [5.74, 6) is -0.0809. The van der Waals surface area contributed by atoms with E-state index in [1.54, 1.807) is 6.92 Å². The van der Waals surface area contributed by atoms with E-state index in [2.05, 4.69) is 0 Å². The monoisotopic (exact) mass is 206 g/mol. The Morgan fingerprint density at radius 2 is 1.87 bits per heavy atom. The van der Waals surface area contributed by atoms with Crippen molar-refractivity contribution >= 4 is 11.0 Å². The molecule has 0 aliphatic rings. The first-order valence-electron chi connectivity index (χ1n) is 4.46. The second kappa shape index (κ2) is 3.02. The summed E-state index contributed by atoms with van der Waals surface area (Å²) >= 11 is 0. The SMILES string of the molecule is Cc1cc2oc(=O)c(C)c(O)c2cc1O. The average Bonchev–Trinajstić information content (AvgIpc) is 2.19. The second-order valence-corrected chi connectivity index (χ2v) is 3.50. The summed E-state index contributed by atoms with van der Waals surface area (Å²) in [7, 11) is 0. The third-order valence-electron chi connectivity index (χ3n) is 2.42.